The molecular formula is C9H18N2. The van der Waals surface area contributed by atoms with Crippen LogP contribution in [0.4, 0.5) is 0 Å². The van der Waals surface area contributed by atoms with E-state index in [-0.39, 0.29) is 0 Å². The van der Waals surface area contributed by atoms with E-state index in [9.17, 15) is 0 Å². The van der Waals surface area contributed by atoms with E-state index >= 15 is 0 Å². The molecule has 2 aliphatic rings. The largest absolute Gasteiger partial charge is 0.330 e. The Labute approximate surface area is 68.5 Å². The van der Waals surface area contributed by atoms with E-state index in [1.807, 2.05) is 0 Å². The molecule has 2 rings (SSSR count). The van der Waals surface area contributed by atoms with Crippen molar-refractivity contribution >= 4 is 0 Å². The molecule has 3 atom stereocenters. The summed E-state index contributed by atoms with van der Waals surface area (Å²) < 4.78 is 0. The number of fused-ring (bicyclic) bond motifs is 1. The Bertz CT molecular complexity index is 136. The van der Waals surface area contributed by atoms with Gasteiger partial charge in [0.1, 0.15) is 0 Å². The van der Waals surface area contributed by atoms with Crippen LogP contribution < -0.4 is 11.1 Å². The van der Waals surface area contributed by atoms with E-state index in [0.29, 0.717) is 0 Å². The number of hydrogen-bond donors (Lipinski definition) is 2. The van der Waals surface area contributed by atoms with Crippen LogP contribution in [0.1, 0.15) is 19.3 Å². The van der Waals surface area contributed by atoms with Crippen molar-refractivity contribution in [2.75, 3.05) is 19.6 Å². The maximum Gasteiger partial charge on any atom is -0.00141 e. The Kier molecular flexibility index (Phi) is 2.14. The molecule has 0 aromatic carbocycles. The molecule has 1 saturated heterocycles. The summed E-state index contributed by atoms with van der Waals surface area (Å²) in [5.41, 5.74) is 5.73. The third-order valence-electron chi connectivity index (χ3n) is 3.45. The lowest BCUT2D eigenvalue weighted by Gasteiger charge is -2.32. The zero-order valence-electron chi connectivity index (χ0n) is 7.05. The molecule has 0 amide bonds. The molecule has 2 heteroatoms. The Morgan fingerprint density at radius 1 is 1.27 bits per heavy atom. The number of nitrogens with two attached hydrogens (primary N) is 1. The van der Waals surface area contributed by atoms with Crippen LogP contribution in [0.25, 0.3) is 0 Å². The Balaban J connectivity index is 2.00. The van der Waals surface area contributed by atoms with Crippen molar-refractivity contribution in [3.63, 3.8) is 0 Å². The summed E-state index contributed by atoms with van der Waals surface area (Å²) in [6.07, 6.45) is 4.22. The lowest BCUT2D eigenvalue weighted by atomic mass is 9.74. The van der Waals surface area contributed by atoms with E-state index in [1.54, 1.807) is 0 Å². The molecule has 1 aliphatic heterocycles. The highest BCUT2D eigenvalue weighted by molar-refractivity contribution is 4.89. The van der Waals surface area contributed by atoms with Crippen LogP contribution >= 0.6 is 0 Å². The zero-order valence-corrected chi connectivity index (χ0v) is 7.05. The van der Waals surface area contributed by atoms with Gasteiger partial charge in [-0.2, -0.15) is 0 Å². The van der Waals surface area contributed by atoms with Gasteiger partial charge in [0.05, 0.1) is 0 Å². The Hall–Kier alpha value is -0.0800. The average Bonchev–Trinajstić information content (AvgIpc) is 2.50. The van der Waals surface area contributed by atoms with Gasteiger partial charge >= 0.3 is 0 Å². The lowest BCUT2D eigenvalue weighted by molar-refractivity contribution is 0.205. The number of hydrogen-bond acceptors (Lipinski definition) is 2. The predicted octanol–water partition coefficient (Wildman–Crippen LogP) is 0.581. The van der Waals surface area contributed by atoms with Crippen molar-refractivity contribution in [2.45, 2.75) is 19.3 Å². The third kappa shape index (κ3) is 1.30. The number of nitrogens with one attached hydrogen (secondary N) is 1. The van der Waals surface area contributed by atoms with Gasteiger partial charge < -0.3 is 11.1 Å². The number of rotatable bonds is 1. The molecule has 2 fully saturated rings. The van der Waals surface area contributed by atoms with Crippen molar-refractivity contribution in [2.24, 2.45) is 23.5 Å². The highest BCUT2D eigenvalue weighted by Crippen LogP contribution is 2.36. The minimum atomic E-state index is 0.823. The van der Waals surface area contributed by atoms with Crippen LogP contribution in [-0.2, 0) is 0 Å². The predicted molar refractivity (Wildman–Crippen MR) is 46.2 cm³/mol. The molecule has 3 unspecified atom stereocenters. The molecule has 3 N–H and O–H groups in total. The molecule has 1 heterocycles. The Morgan fingerprint density at radius 2 is 2.18 bits per heavy atom. The van der Waals surface area contributed by atoms with Gasteiger partial charge in [-0.3, -0.25) is 0 Å². The maximum atomic E-state index is 5.73. The molecule has 0 radical (unpaired) electrons. The Morgan fingerprint density at radius 3 is 3.00 bits per heavy atom. The standard InChI is InChI=1S/C9H18N2/c10-4-7-2-1-3-8-5-11-6-9(7)8/h7-9,11H,1-6,10H2. The van der Waals surface area contributed by atoms with Gasteiger partial charge in [0.25, 0.3) is 0 Å². The third-order valence-corrected chi connectivity index (χ3v) is 3.45. The van der Waals surface area contributed by atoms with Gasteiger partial charge in [-0.15, -0.1) is 0 Å². The first-order valence-electron chi connectivity index (χ1n) is 4.82. The second-order valence-corrected chi connectivity index (χ2v) is 4.01. The fourth-order valence-corrected chi connectivity index (χ4v) is 2.77. The zero-order chi connectivity index (χ0) is 7.68. The minimum absolute atomic E-state index is 0.823. The SMILES string of the molecule is NCC1CCCC2CNCC12. The highest BCUT2D eigenvalue weighted by Gasteiger charge is 2.35. The van der Waals surface area contributed by atoms with Crippen molar-refractivity contribution in [1.82, 2.24) is 5.32 Å². The molecule has 11 heavy (non-hydrogen) atoms. The quantitative estimate of drug-likeness (QED) is 0.580. The van der Waals surface area contributed by atoms with Crippen LogP contribution in [0.3, 0.4) is 0 Å². The van der Waals surface area contributed by atoms with Gasteiger partial charge in [-0.1, -0.05) is 6.42 Å². The molecule has 0 bridgehead atoms. The van der Waals surface area contributed by atoms with E-state index in [2.05, 4.69) is 5.32 Å². The first kappa shape index (κ1) is 7.56. The van der Waals surface area contributed by atoms with Crippen LogP contribution in [-0.4, -0.2) is 19.6 Å². The summed E-state index contributed by atoms with van der Waals surface area (Å²) in [5, 5.41) is 3.47. The molecule has 0 aromatic rings. The average molecular weight is 154 g/mol. The molecule has 1 saturated carbocycles. The van der Waals surface area contributed by atoms with Gasteiger partial charge in [-0.25, -0.2) is 0 Å². The summed E-state index contributed by atoms with van der Waals surface area (Å²) >= 11 is 0. The summed E-state index contributed by atoms with van der Waals surface area (Å²) in [7, 11) is 0. The van der Waals surface area contributed by atoms with Crippen molar-refractivity contribution in [1.29, 1.82) is 0 Å². The van der Waals surface area contributed by atoms with E-state index in [4.69, 9.17) is 5.73 Å². The monoisotopic (exact) mass is 154 g/mol. The molecular weight excluding hydrogens is 136 g/mol. The van der Waals surface area contributed by atoms with Gasteiger partial charge in [-0.05, 0) is 50.2 Å². The van der Waals surface area contributed by atoms with Crippen LogP contribution in [0, 0.1) is 17.8 Å². The van der Waals surface area contributed by atoms with Crippen LogP contribution in [0.5, 0.6) is 0 Å². The first-order chi connectivity index (χ1) is 5.42. The summed E-state index contributed by atoms with van der Waals surface area (Å²) in [6, 6.07) is 0. The fraction of sp³-hybridized carbons (Fsp3) is 1.00. The van der Waals surface area contributed by atoms with Crippen LogP contribution in [0.2, 0.25) is 0 Å². The molecule has 0 aromatic heterocycles. The normalized spacial score (nSPS) is 43.9. The maximum absolute atomic E-state index is 5.73. The van der Waals surface area contributed by atoms with Crippen molar-refractivity contribution in [3.8, 4) is 0 Å². The first-order valence-corrected chi connectivity index (χ1v) is 4.82. The summed E-state index contributed by atoms with van der Waals surface area (Å²) in [6.45, 7) is 3.39. The van der Waals surface area contributed by atoms with Gasteiger partial charge in [0.2, 0.25) is 0 Å². The second-order valence-electron chi connectivity index (χ2n) is 4.01. The highest BCUT2D eigenvalue weighted by atomic mass is 14.9. The molecule has 1 aliphatic carbocycles. The van der Waals surface area contributed by atoms with Crippen LogP contribution in [0.15, 0.2) is 0 Å². The second kappa shape index (κ2) is 3.11. The van der Waals surface area contributed by atoms with E-state index in [1.165, 1.54) is 32.4 Å². The van der Waals surface area contributed by atoms with Crippen molar-refractivity contribution < 1.29 is 0 Å². The molecule has 64 valence electrons. The van der Waals surface area contributed by atoms with E-state index in [0.717, 1.165) is 24.3 Å². The summed E-state index contributed by atoms with van der Waals surface area (Å²) in [5.74, 6) is 2.69. The lowest BCUT2D eigenvalue weighted by Crippen LogP contribution is -2.32. The molecule has 0 spiro atoms. The van der Waals surface area contributed by atoms with Gasteiger partial charge in [0, 0.05) is 0 Å². The molecule has 2 nitrogen and oxygen atoms in total. The van der Waals surface area contributed by atoms with Gasteiger partial charge in [0.15, 0.2) is 0 Å². The fourth-order valence-electron chi connectivity index (χ4n) is 2.77. The van der Waals surface area contributed by atoms with Crippen molar-refractivity contribution in [3.05, 3.63) is 0 Å². The smallest absolute Gasteiger partial charge is 0.00141 e. The topological polar surface area (TPSA) is 38.0 Å². The minimum Gasteiger partial charge on any atom is -0.330 e. The van der Waals surface area contributed by atoms with E-state index < -0.39 is 0 Å². The summed E-state index contributed by atoms with van der Waals surface area (Å²) in [4.78, 5) is 0.